The molecule has 1 aliphatic carbocycles. The molecule has 0 aliphatic heterocycles. The van der Waals surface area contributed by atoms with Crippen molar-refractivity contribution in [2.24, 2.45) is 0 Å². The van der Waals surface area contributed by atoms with Crippen molar-refractivity contribution in [3.63, 3.8) is 0 Å². The zero-order chi connectivity index (χ0) is 12.5. The van der Waals surface area contributed by atoms with Gasteiger partial charge in [0.2, 0.25) is 10.0 Å². The average Bonchev–Trinajstić information content (AvgIpc) is 3.11. The van der Waals surface area contributed by atoms with Crippen LogP contribution in [0.5, 0.6) is 0 Å². The van der Waals surface area contributed by atoms with Crippen molar-refractivity contribution in [3.8, 4) is 0 Å². The number of hydrogen-bond acceptors (Lipinski definition) is 3. The van der Waals surface area contributed by atoms with Crippen LogP contribution in [0.1, 0.15) is 23.2 Å². The first-order chi connectivity index (χ1) is 8.03. The molecule has 0 aromatic heterocycles. The number of carbonyl (C=O) groups is 1. The van der Waals surface area contributed by atoms with Crippen molar-refractivity contribution in [1.29, 1.82) is 0 Å². The Bertz CT molecular complexity index is 520. The highest BCUT2D eigenvalue weighted by Gasteiger charge is 2.27. The number of Topliss-reactive ketones (excluding diaryl/α,β-unsaturated/α-hetero) is 1. The van der Waals surface area contributed by atoms with E-state index >= 15 is 0 Å². The summed E-state index contributed by atoms with van der Waals surface area (Å²) in [6, 6.07) is 5.87. The maximum atomic E-state index is 11.8. The van der Waals surface area contributed by atoms with Gasteiger partial charge in [-0.25, -0.2) is 13.1 Å². The molecule has 0 saturated heterocycles. The fourth-order valence-corrected chi connectivity index (χ4v) is 2.85. The SMILES string of the molecule is O=C(CCl)c1ccc(S(=O)(=O)NC2CC2)cc1. The molecule has 0 unspecified atom stereocenters. The highest BCUT2D eigenvalue weighted by Crippen LogP contribution is 2.22. The van der Waals surface area contributed by atoms with Gasteiger partial charge in [-0.05, 0) is 25.0 Å². The second kappa shape index (κ2) is 4.76. The molecular formula is C11H12ClNO3S. The minimum Gasteiger partial charge on any atom is -0.293 e. The molecule has 0 heterocycles. The molecule has 1 aliphatic rings. The number of ketones is 1. The quantitative estimate of drug-likeness (QED) is 0.654. The third-order valence-corrected chi connectivity index (χ3v) is 4.29. The van der Waals surface area contributed by atoms with Crippen LogP contribution in [0, 0.1) is 0 Å². The van der Waals surface area contributed by atoms with Crippen molar-refractivity contribution < 1.29 is 13.2 Å². The average molecular weight is 274 g/mol. The predicted octanol–water partition coefficient (Wildman–Crippen LogP) is 1.55. The van der Waals surface area contributed by atoms with E-state index in [0.717, 1.165) is 12.8 Å². The van der Waals surface area contributed by atoms with Crippen LogP contribution in [0.3, 0.4) is 0 Å². The van der Waals surface area contributed by atoms with Gasteiger partial charge in [0.1, 0.15) is 0 Å². The minimum absolute atomic E-state index is 0.0733. The van der Waals surface area contributed by atoms with Crippen LogP contribution in [0.2, 0.25) is 0 Å². The summed E-state index contributed by atoms with van der Waals surface area (Å²) in [7, 11) is -3.44. The Morgan fingerprint density at radius 3 is 2.35 bits per heavy atom. The lowest BCUT2D eigenvalue weighted by Gasteiger charge is -2.05. The van der Waals surface area contributed by atoms with Gasteiger partial charge >= 0.3 is 0 Å². The summed E-state index contributed by atoms with van der Waals surface area (Å²) in [4.78, 5) is 11.4. The summed E-state index contributed by atoms with van der Waals surface area (Å²) < 4.78 is 26.2. The molecule has 0 amide bonds. The fourth-order valence-electron chi connectivity index (χ4n) is 1.39. The molecule has 1 aromatic rings. The Morgan fingerprint density at radius 2 is 1.88 bits per heavy atom. The van der Waals surface area contributed by atoms with Crippen LogP contribution in [0.15, 0.2) is 29.2 Å². The predicted molar refractivity (Wildman–Crippen MR) is 64.8 cm³/mol. The Labute approximate surface area is 105 Å². The van der Waals surface area contributed by atoms with E-state index in [2.05, 4.69) is 4.72 Å². The first-order valence-corrected chi connectivity index (χ1v) is 7.26. The lowest BCUT2D eigenvalue weighted by Crippen LogP contribution is -2.25. The number of carbonyl (C=O) groups excluding carboxylic acids is 1. The molecule has 2 rings (SSSR count). The molecule has 0 spiro atoms. The van der Waals surface area contributed by atoms with E-state index in [1.165, 1.54) is 24.3 Å². The number of rotatable bonds is 5. The van der Waals surface area contributed by atoms with Crippen LogP contribution in [0.4, 0.5) is 0 Å². The Kier molecular flexibility index (Phi) is 3.51. The van der Waals surface area contributed by atoms with Gasteiger partial charge in [-0.3, -0.25) is 4.79 Å². The first-order valence-electron chi connectivity index (χ1n) is 5.24. The lowest BCUT2D eigenvalue weighted by atomic mass is 10.1. The summed E-state index contributed by atoms with van der Waals surface area (Å²) in [5.74, 6) is -0.322. The molecule has 92 valence electrons. The van der Waals surface area contributed by atoms with Crippen LogP contribution >= 0.6 is 11.6 Å². The van der Waals surface area contributed by atoms with Crippen molar-refractivity contribution in [3.05, 3.63) is 29.8 Å². The van der Waals surface area contributed by atoms with Gasteiger partial charge in [0, 0.05) is 11.6 Å². The van der Waals surface area contributed by atoms with E-state index in [9.17, 15) is 13.2 Å². The number of sulfonamides is 1. The molecule has 0 radical (unpaired) electrons. The van der Waals surface area contributed by atoms with Gasteiger partial charge in [-0.15, -0.1) is 11.6 Å². The molecule has 0 bridgehead atoms. The first kappa shape index (κ1) is 12.5. The summed E-state index contributed by atoms with van der Waals surface area (Å²) in [5.41, 5.74) is 0.422. The van der Waals surface area contributed by atoms with Gasteiger partial charge in [-0.2, -0.15) is 0 Å². The van der Waals surface area contributed by atoms with Crippen molar-refractivity contribution in [2.75, 3.05) is 5.88 Å². The van der Waals surface area contributed by atoms with Gasteiger partial charge in [0.15, 0.2) is 5.78 Å². The van der Waals surface area contributed by atoms with Gasteiger partial charge < -0.3 is 0 Å². The third-order valence-electron chi connectivity index (χ3n) is 2.51. The van der Waals surface area contributed by atoms with Crippen LogP contribution in [-0.4, -0.2) is 26.1 Å². The number of halogens is 1. The summed E-state index contributed by atoms with van der Waals surface area (Å²) in [6.07, 6.45) is 1.78. The van der Waals surface area contributed by atoms with E-state index in [1.54, 1.807) is 0 Å². The second-order valence-corrected chi connectivity index (χ2v) is 5.96. The molecule has 17 heavy (non-hydrogen) atoms. The van der Waals surface area contributed by atoms with Crippen LogP contribution in [-0.2, 0) is 10.0 Å². The molecule has 1 saturated carbocycles. The zero-order valence-corrected chi connectivity index (χ0v) is 10.6. The number of hydrogen-bond donors (Lipinski definition) is 1. The Balaban J connectivity index is 2.19. The molecule has 6 heteroatoms. The van der Waals surface area contributed by atoms with Gasteiger partial charge in [0.05, 0.1) is 10.8 Å². The van der Waals surface area contributed by atoms with E-state index in [0.29, 0.717) is 5.56 Å². The van der Waals surface area contributed by atoms with Gasteiger partial charge in [0.25, 0.3) is 0 Å². The lowest BCUT2D eigenvalue weighted by molar-refractivity contribution is 0.102. The zero-order valence-electron chi connectivity index (χ0n) is 9.02. The number of benzene rings is 1. The van der Waals surface area contributed by atoms with Gasteiger partial charge in [-0.1, -0.05) is 12.1 Å². The second-order valence-electron chi connectivity index (χ2n) is 3.98. The summed E-state index contributed by atoms with van der Waals surface area (Å²) >= 11 is 5.41. The molecular weight excluding hydrogens is 262 g/mol. The van der Waals surface area contributed by atoms with Crippen molar-refractivity contribution in [2.45, 2.75) is 23.8 Å². The van der Waals surface area contributed by atoms with Crippen LogP contribution in [0.25, 0.3) is 0 Å². The number of alkyl halides is 1. The highest BCUT2D eigenvalue weighted by atomic mass is 35.5. The van der Waals surface area contributed by atoms with Crippen molar-refractivity contribution in [1.82, 2.24) is 4.72 Å². The Hall–Kier alpha value is -0.910. The minimum atomic E-state index is -3.44. The topological polar surface area (TPSA) is 63.2 Å². The van der Waals surface area contributed by atoms with E-state index < -0.39 is 10.0 Å². The maximum absolute atomic E-state index is 11.8. The fraction of sp³-hybridized carbons (Fsp3) is 0.364. The number of nitrogens with one attached hydrogen (secondary N) is 1. The smallest absolute Gasteiger partial charge is 0.240 e. The van der Waals surface area contributed by atoms with Crippen molar-refractivity contribution >= 4 is 27.4 Å². The Morgan fingerprint density at radius 1 is 1.29 bits per heavy atom. The summed E-state index contributed by atoms with van der Waals surface area (Å²) in [6.45, 7) is 0. The van der Waals surface area contributed by atoms with E-state index in [4.69, 9.17) is 11.6 Å². The largest absolute Gasteiger partial charge is 0.293 e. The monoisotopic (exact) mass is 273 g/mol. The standard InChI is InChI=1S/C11H12ClNO3S/c12-7-11(14)8-1-5-10(6-2-8)17(15,16)13-9-3-4-9/h1-2,5-6,9,13H,3-4,7H2. The summed E-state index contributed by atoms with van der Waals surface area (Å²) in [5, 5.41) is 0. The highest BCUT2D eigenvalue weighted by molar-refractivity contribution is 7.89. The maximum Gasteiger partial charge on any atom is 0.240 e. The molecule has 1 N–H and O–H groups in total. The van der Waals surface area contributed by atoms with E-state index in [1.807, 2.05) is 0 Å². The normalized spacial score (nSPS) is 15.8. The van der Waals surface area contributed by atoms with E-state index in [-0.39, 0.29) is 22.6 Å². The molecule has 0 atom stereocenters. The molecule has 4 nitrogen and oxygen atoms in total. The molecule has 1 fully saturated rings. The molecule has 1 aromatic carbocycles. The third kappa shape index (κ3) is 3.06. The van der Waals surface area contributed by atoms with Crippen LogP contribution < -0.4 is 4.72 Å².